The Morgan fingerprint density at radius 1 is 1.10 bits per heavy atom. The predicted molar refractivity (Wildman–Crippen MR) is 91.8 cm³/mol. The summed E-state index contributed by atoms with van der Waals surface area (Å²) in [6.45, 7) is 0. The second kappa shape index (κ2) is 6.14. The number of nitrogens with one attached hydrogen (secondary N) is 1. The van der Waals surface area contributed by atoms with E-state index in [1.807, 2.05) is 31.4 Å². The molecule has 0 amide bonds. The minimum atomic E-state index is 0.0852. The fourth-order valence-electron chi connectivity index (χ4n) is 2.48. The molecule has 0 bridgehead atoms. The van der Waals surface area contributed by atoms with Crippen LogP contribution in [0.2, 0.25) is 5.02 Å². The van der Waals surface area contributed by atoms with E-state index in [-0.39, 0.29) is 6.04 Å². The molecule has 106 valence electrons. The Hall–Kier alpha value is -1.42. The zero-order valence-electron chi connectivity index (χ0n) is 11.5. The summed E-state index contributed by atoms with van der Waals surface area (Å²) in [6, 6.07) is 16.5. The Morgan fingerprint density at radius 2 is 1.86 bits per heavy atom. The molecule has 1 unspecified atom stereocenters. The van der Waals surface area contributed by atoms with E-state index in [1.54, 1.807) is 0 Å². The summed E-state index contributed by atoms with van der Waals surface area (Å²) in [5.41, 5.74) is 3.29. The molecule has 0 radical (unpaired) electrons. The van der Waals surface area contributed by atoms with Gasteiger partial charge in [-0.1, -0.05) is 35.9 Å². The minimum Gasteiger partial charge on any atom is -0.309 e. The van der Waals surface area contributed by atoms with Gasteiger partial charge in [-0.25, -0.2) is 0 Å². The fraction of sp³-hybridized carbons (Fsp3) is 0.118. The van der Waals surface area contributed by atoms with Crippen LogP contribution in [0.4, 0.5) is 0 Å². The highest BCUT2D eigenvalue weighted by molar-refractivity contribution is 9.10. The Kier molecular flexibility index (Phi) is 4.24. The molecule has 1 aromatic heterocycles. The molecule has 1 N–H and O–H groups in total. The number of rotatable bonds is 3. The molecule has 3 rings (SSSR count). The summed E-state index contributed by atoms with van der Waals surface area (Å²) >= 11 is 9.64. The first-order chi connectivity index (χ1) is 10.2. The summed E-state index contributed by atoms with van der Waals surface area (Å²) in [5, 5.41) is 5.20. The standard InChI is InChI=1S/C17H14BrClN2/c1-20-17(12-6-7-14(18)15(19)9-12)13-5-4-11-3-2-8-21-16(11)10-13/h2-10,17,20H,1H3. The van der Waals surface area contributed by atoms with Gasteiger partial charge in [0, 0.05) is 16.1 Å². The number of halogens is 2. The zero-order chi connectivity index (χ0) is 14.8. The maximum Gasteiger partial charge on any atom is 0.0705 e. The van der Waals surface area contributed by atoms with Gasteiger partial charge in [-0.3, -0.25) is 4.98 Å². The normalized spacial score (nSPS) is 12.5. The van der Waals surface area contributed by atoms with Gasteiger partial charge in [-0.15, -0.1) is 0 Å². The fourth-order valence-corrected chi connectivity index (χ4v) is 2.92. The van der Waals surface area contributed by atoms with E-state index in [0.29, 0.717) is 5.02 Å². The third-order valence-electron chi connectivity index (χ3n) is 3.53. The molecule has 1 heterocycles. The summed E-state index contributed by atoms with van der Waals surface area (Å²) in [7, 11) is 1.95. The number of hydrogen-bond acceptors (Lipinski definition) is 2. The van der Waals surface area contributed by atoms with Gasteiger partial charge >= 0.3 is 0 Å². The summed E-state index contributed by atoms with van der Waals surface area (Å²) in [6.07, 6.45) is 1.82. The second-order valence-electron chi connectivity index (χ2n) is 4.85. The third-order valence-corrected chi connectivity index (χ3v) is 4.76. The number of aromatic nitrogens is 1. The molecule has 4 heteroatoms. The van der Waals surface area contributed by atoms with Gasteiger partial charge in [0.05, 0.1) is 16.6 Å². The van der Waals surface area contributed by atoms with Crippen LogP contribution in [0.25, 0.3) is 10.9 Å². The third kappa shape index (κ3) is 2.95. The molecule has 3 aromatic rings. The van der Waals surface area contributed by atoms with Crippen molar-refractivity contribution in [1.29, 1.82) is 0 Å². The molecule has 21 heavy (non-hydrogen) atoms. The van der Waals surface area contributed by atoms with Gasteiger partial charge in [0.1, 0.15) is 0 Å². The molecule has 0 aliphatic heterocycles. The second-order valence-corrected chi connectivity index (χ2v) is 6.11. The van der Waals surface area contributed by atoms with Crippen LogP contribution in [0.1, 0.15) is 17.2 Å². The van der Waals surface area contributed by atoms with E-state index >= 15 is 0 Å². The first kappa shape index (κ1) is 14.5. The van der Waals surface area contributed by atoms with Crippen LogP contribution < -0.4 is 5.32 Å². The van der Waals surface area contributed by atoms with Crippen molar-refractivity contribution < 1.29 is 0 Å². The van der Waals surface area contributed by atoms with Crippen LogP contribution in [0.3, 0.4) is 0 Å². The first-order valence-electron chi connectivity index (χ1n) is 6.66. The van der Waals surface area contributed by atoms with E-state index < -0.39 is 0 Å². The van der Waals surface area contributed by atoms with Crippen LogP contribution in [-0.4, -0.2) is 12.0 Å². The lowest BCUT2D eigenvalue weighted by Crippen LogP contribution is -2.17. The number of nitrogens with zero attached hydrogens (tertiary/aromatic N) is 1. The van der Waals surface area contributed by atoms with Crippen LogP contribution >= 0.6 is 27.5 Å². The smallest absolute Gasteiger partial charge is 0.0705 e. The van der Waals surface area contributed by atoms with E-state index in [1.165, 1.54) is 5.56 Å². The molecule has 2 nitrogen and oxygen atoms in total. The van der Waals surface area contributed by atoms with Crippen molar-refractivity contribution in [2.24, 2.45) is 0 Å². The molecule has 2 aromatic carbocycles. The maximum atomic E-state index is 6.21. The van der Waals surface area contributed by atoms with Crippen molar-refractivity contribution >= 4 is 38.4 Å². The van der Waals surface area contributed by atoms with Crippen LogP contribution in [-0.2, 0) is 0 Å². The van der Waals surface area contributed by atoms with Crippen LogP contribution in [0.15, 0.2) is 59.2 Å². The van der Waals surface area contributed by atoms with Gasteiger partial charge in [-0.2, -0.15) is 0 Å². The predicted octanol–water partition coefficient (Wildman–Crippen LogP) is 4.96. The molecule has 0 spiro atoms. The Morgan fingerprint density at radius 3 is 2.62 bits per heavy atom. The molecule has 0 saturated carbocycles. The van der Waals surface area contributed by atoms with Crippen molar-refractivity contribution in [3.8, 4) is 0 Å². The van der Waals surface area contributed by atoms with E-state index in [4.69, 9.17) is 11.6 Å². The minimum absolute atomic E-state index is 0.0852. The Balaban J connectivity index is 2.06. The lowest BCUT2D eigenvalue weighted by Gasteiger charge is -2.18. The van der Waals surface area contributed by atoms with Crippen LogP contribution in [0, 0.1) is 0 Å². The van der Waals surface area contributed by atoms with Crippen molar-refractivity contribution in [3.63, 3.8) is 0 Å². The van der Waals surface area contributed by atoms with Crippen molar-refractivity contribution in [1.82, 2.24) is 10.3 Å². The monoisotopic (exact) mass is 360 g/mol. The highest BCUT2D eigenvalue weighted by Gasteiger charge is 2.13. The maximum absolute atomic E-state index is 6.21. The quantitative estimate of drug-likeness (QED) is 0.713. The highest BCUT2D eigenvalue weighted by Crippen LogP contribution is 2.30. The van der Waals surface area contributed by atoms with Crippen molar-refractivity contribution in [3.05, 3.63) is 75.4 Å². The molecule has 1 atom stereocenters. The van der Waals surface area contributed by atoms with Gasteiger partial charge in [0.25, 0.3) is 0 Å². The van der Waals surface area contributed by atoms with Gasteiger partial charge in [-0.05, 0) is 58.4 Å². The molecular formula is C17H14BrClN2. The van der Waals surface area contributed by atoms with E-state index in [9.17, 15) is 0 Å². The molecule has 0 aliphatic carbocycles. The van der Waals surface area contributed by atoms with Gasteiger partial charge < -0.3 is 5.32 Å². The molecular weight excluding hydrogens is 348 g/mol. The Labute approximate surface area is 137 Å². The average molecular weight is 362 g/mol. The lowest BCUT2D eigenvalue weighted by atomic mass is 9.98. The Bertz CT molecular complexity index is 789. The number of hydrogen-bond donors (Lipinski definition) is 1. The number of pyridine rings is 1. The zero-order valence-corrected chi connectivity index (χ0v) is 13.8. The summed E-state index contributed by atoms with van der Waals surface area (Å²) in [5.74, 6) is 0. The molecule has 0 aliphatic rings. The number of benzene rings is 2. The highest BCUT2D eigenvalue weighted by atomic mass is 79.9. The number of fused-ring (bicyclic) bond motifs is 1. The summed E-state index contributed by atoms with van der Waals surface area (Å²) < 4.78 is 0.906. The average Bonchev–Trinajstić information content (AvgIpc) is 2.51. The van der Waals surface area contributed by atoms with Crippen molar-refractivity contribution in [2.75, 3.05) is 7.05 Å². The van der Waals surface area contributed by atoms with Crippen molar-refractivity contribution in [2.45, 2.75) is 6.04 Å². The SMILES string of the molecule is CNC(c1ccc(Br)c(Cl)c1)c1ccc2cccnc2c1. The first-order valence-corrected chi connectivity index (χ1v) is 7.83. The lowest BCUT2D eigenvalue weighted by molar-refractivity contribution is 0.692. The van der Waals surface area contributed by atoms with Gasteiger partial charge in [0.15, 0.2) is 0 Å². The summed E-state index contributed by atoms with van der Waals surface area (Å²) in [4.78, 5) is 4.42. The molecule has 0 saturated heterocycles. The topological polar surface area (TPSA) is 24.9 Å². The van der Waals surface area contributed by atoms with E-state index in [2.05, 4.69) is 56.6 Å². The van der Waals surface area contributed by atoms with Crippen LogP contribution in [0.5, 0.6) is 0 Å². The van der Waals surface area contributed by atoms with Gasteiger partial charge in [0.2, 0.25) is 0 Å². The largest absolute Gasteiger partial charge is 0.309 e. The molecule has 0 fully saturated rings. The van der Waals surface area contributed by atoms with E-state index in [0.717, 1.165) is 20.9 Å².